The van der Waals surface area contributed by atoms with Crippen LogP contribution in [0, 0.1) is 0 Å². The first-order chi connectivity index (χ1) is 7.24. The van der Waals surface area contributed by atoms with E-state index in [1.54, 1.807) is 12.1 Å². The van der Waals surface area contributed by atoms with Crippen molar-refractivity contribution in [3.8, 4) is 0 Å². The molecular weight excluding hydrogens is 295 g/mol. The largest absolute Gasteiger partial charge is 0.747 e. The van der Waals surface area contributed by atoms with E-state index >= 15 is 0 Å². The topological polar surface area (TPSA) is 0 Å². The molecular formula is C13H14F2Ru-6. The molecule has 0 heterocycles. The Kier molecular flexibility index (Phi) is 7.92. The molecule has 2 aromatic carbocycles. The van der Waals surface area contributed by atoms with Crippen LogP contribution in [-0.2, 0) is 25.9 Å². The van der Waals surface area contributed by atoms with Gasteiger partial charge in [0.2, 0.25) is 0 Å². The maximum atomic E-state index is 11.6. The minimum Gasteiger partial charge on any atom is -0.747 e. The number of alkyl halides is 2. The molecule has 0 spiro atoms. The van der Waals surface area contributed by atoms with Crippen molar-refractivity contribution in [1.29, 1.82) is 0 Å². The molecule has 2 rings (SSSR count). The molecule has 0 fully saturated rings. The summed E-state index contributed by atoms with van der Waals surface area (Å²) in [6.07, 6.45) is -1.16. The Bertz CT molecular complexity index is 336. The fourth-order valence-corrected chi connectivity index (χ4v) is 1.18. The van der Waals surface area contributed by atoms with E-state index in [1.807, 2.05) is 0 Å². The normalized spacial score (nSPS) is 9.25. The van der Waals surface area contributed by atoms with E-state index in [4.69, 9.17) is 0 Å². The number of halogens is 2. The molecule has 0 unspecified atom stereocenters. The first-order valence-corrected chi connectivity index (χ1v) is 4.94. The molecule has 0 aliphatic carbocycles. The van der Waals surface area contributed by atoms with Gasteiger partial charge in [-0.1, -0.05) is 13.3 Å². The van der Waals surface area contributed by atoms with Crippen LogP contribution in [0.4, 0.5) is 8.78 Å². The molecule has 16 heavy (non-hydrogen) atoms. The van der Waals surface area contributed by atoms with E-state index in [9.17, 15) is 8.78 Å². The molecule has 0 aliphatic rings. The Hall–Kier alpha value is -0.817. The van der Waals surface area contributed by atoms with Crippen molar-refractivity contribution in [3.05, 3.63) is 59.7 Å². The fourth-order valence-electron chi connectivity index (χ4n) is 1.18. The molecule has 0 bridgehead atoms. The predicted octanol–water partition coefficient (Wildman–Crippen LogP) is 4.31. The van der Waals surface area contributed by atoms with Crippen molar-refractivity contribution in [2.24, 2.45) is 0 Å². The van der Waals surface area contributed by atoms with Crippen LogP contribution in [0.15, 0.2) is 48.5 Å². The molecule has 94 valence electrons. The van der Waals surface area contributed by atoms with Crippen molar-refractivity contribution in [2.75, 3.05) is 0 Å². The molecule has 0 saturated heterocycles. The van der Waals surface area contributed by atoms with Gasteiger partial charge in [0.1, 0.15) is 0 Å². The quantitative estimate of drug-likeness (QED) is 0.573. The van der Waals surface area contributed by atoms with Gasteiger partial charge in [0.15, 0.2) is 0 Å². The van der Waals surface area contributed by atoms with E-state index in [2.05, 4.69) is 31.2 Å². The van der Waals surface area contributed by atoms with Crippen LogP contribution >= 0.6 is 0 Å². The standard InChI is InChI=1S/C7H9.C6H5F2.Ru/c1-2-7-5-3-4-6-7;7-6(8)5-3-1-2-4-5;/h3-6H,2H2,1H3;1-4,6H;/q-1;-5;. The van der Waals surface area contributed by atoms with E-state index in [-0.39, 0.29) is 25.0 Å². The SMILES string of the molecule is CC[c-]1cccc1.FC(F)[c-]1[cH-][cH-][cH-][cH-]1.[Ru]. The van der Waals surface area contributed by atoms with Gasteiger partial charge in [-0.15, -0.1) is 0 Å². The van der Waals surface area contributed by atoms with Crippen molar-refractivity contribution in [3.63, 3.8) is 0 Å². The average Bonchev–Trinajstić information content (AvgIpc) is 2.92. The van der Waals surface area contributed by atoms with Gasteiger partial charge in [0, 0.05) is 19.5 Å². The van der Waals surface area contributed by atoms with Crippen LogP contribution in [-0.4, -0.2) is 0 Å². The summed E-state index contributed by atoms with van der Waals surface area (Å²) in [4.78, 5) is 0. The summed E-state index contributed by atoms with van der Waals surface area (Å²) in [5, 5.41) is 0. The van der Waals surface area contributed by atoms with Crippen molar-refractivity contribution >= 4 is 0 Å². The maximum Gasteiger partial charge on any atom is 0.0863 e. The first kappa shape index (κ1) is 15.2. The Morgan fingerprint density at radius 2 is 1.62 bits per heavy atom. The Labute approximate surface area is 108 Å². The second-order valence-corrected chi connectivity index (χ2v) is 3.17. The van der Waals surface area contributed by atoms with Crippen LogP contribution < -0.4 is 0 Å². The minimum absolute atomic E-state index is 0. The van der Waals surface area contributed by atoms with Gasteiger partial charge in [-0.2, -0.15) is 17.7 Å². The van der Waals surface area contributed by atoms with Gasteiger partial charge < -0.3 is 29.8 Å². The zero-order chi connectivity index (χ0) is 11.1. The zero-order valence-electron chi connectivity index (χ0n) is 9.01. The smallest absolute Gasteiger partial charge is 0.0863 e. The van der Waals surface area contributed by atoms with Crippen molar-refractivity contribution < 1.29 is 28.3 Å². The maximum absolute atomic E-state index is 11.6. The molecule has 0 N–H and O–H groups in total. The minimum atomic E-state index is -2.31. The first-order valence-electron chi connectivity index (χ1n) is 4.94. The summed E-state index contributed by atoms with van der Waals surface area (Å²) < 4.78 is 23.2. The molecule has 0 atom stereocenters. The summed E-state index contributed by atoms with van der Waals surface area (Å²) in [7, 11) is 0. The number of rotatable bonds is 2. The molecule has 0 amide bonds. The molecule has 0 saturated carbocycles. The number of aryl methyl sites for hydroxylation is 1. The molecule has 2 aromatic rings. The molecule has 0 aliphatic heterocycles. The van der Waals surface area contributed by atoms with E-state index < -0.39 is 6.43 Å². The number of hydrogen-bond donors (Lipinski definition) is 0. The second-order valence-electron chi connectivity index (χ2n) is 3.17. The summed E-state index contributed by atoms with van der Waals surface area (Å²) in [5.41, 5.74) is 1.53. The Balaban J connectivity index is 0.000000267. The predicted molar refractivity (Wildman–Crippen MR) is 58.4 cm³/mol. The fraction of sp³-hybridized carbons (Fsp3) is 0.231. The van der Waals surface area contributed by atoms with E-state index in [1.165, 1.54) is 17.7 Å². The van der Waals surface area contributed by atoms with E-state index in [0.717, 1.165) is 6.42 Å². The third-order valence-electron chi connectivity index (χ3n) is 2.08. The van der Waals surface area contributed by atoms with Crippen molar-refractivity contribution in [1.82, 2.24) is 0 Å². The Morgan fingerprint density at radius 3 is 1.88 bits per heavy atom. The van der Waals surface area contributed by atoms with Crippen molar-refractivity contribution in [2.45, 2.75) is 19.8 Å². The summed E-state index contributed by atoms with van der Waals surface area (Å²) in [6, 6.07) is 14.4. The molecule has 0 aromatic heterocycles. The third kappa shape index (κ3) is 5.32. The van der Waals surface area contributed by atoms with Gasteiger partial charge in [-0.05, 0) is 0 Å². The average molecular weight is 309 g/mol. The molecule has 0 nitrogen and oxygen atoms in total. The monoisotopic (exact) mass is 310 g/mol. The van der Waals surface area contributed by atoms with Gasteiger partial charge in [0.05, 0.1) is 6.43 Å². The molecule has 0 radical (unpaired) electrons. The van der Waals surface area contributed by atoms with E-state index in [0.29, 0.717) is 0 Å². The van der Waals surface area contributed by atoms with Crippen LogP contribution in [0.5, 0.6) is 0 Å². The molecule has 3 heteroatoms. The van der Waals surface area contributed by atoms with Crippen LogP contribution in [0.3, 0.4) is 0 Å². The van der Waals surface area contributed by atoms with Gasteiger partial charge >= 0.3 is 0 Å². The summed E-state index contributed by atoms with van der Waals surface area (Å²) >= 11 is 0. The van der Waals surface area contributed by atoms with Gasteiger partial charge in [0.25, 0.3) is 0 Å². The zero-order valence-corrected chi connectivity index (χ0v) is 10.8. The Morgan fingerprint density at radius 1 is 1.12 bits per heavy atom. The van der Waals surface area contributed by atoms with Crippen LogP contribution in [0.2, 0.25) is 0 Å². The number of hydrogen-bond acceptors (Lipinski definition) is 0. The van der Waals surface area contributed by atoms with Crippen LogP contribution in [0.25, 0.3) is 0 Å². The van der Waals surface area contributed by atoms with Gasteiger partial charge in [-0.3, -0.25) is 0 Å². The van der Waals surface area contributed by atoms with Gasteiger partial charge in [-0.25, -0.2) is 20.9 Å². The summed E-state index contributed by atoms with van der Waals surface area (Å²) in [6.45, 7) is 2.16. The summed E-state index contributed by atoms with van der Waals surface area (Å²) in [5.74, 6) is 0. The third-order valence-corrected chi connectivity index (χ3v) is 2.08. The second kappa shape index (κ2) is 8.35. The van der Waals surface area contributed by atoms with Crippen LogP contribution in [0.1, 0.15) is 24.5 Å².